The standard InChI is InChI=1S/C22H23N5O2S/c1-13-18-21(26-17-9-3-2-6-12-27(17)22(18)29)30-19(13)20(28)23-11-10-16-24-14-7-4-5-8-15(14)25-16/h4-5,7-8H,2-3,6,9-12H2,1H3,(H,23,28)(H,24,25). The fraction of sp³-hybridized carbons (Fsp3) is 0.364. The second kappa shape index (κ2) is 7.68. The van der Waals surface area contributed by atoms with Crippen LogP contribution in [-0.4, -0.2) is 32.0 Å². The maximum atomic E-state index is 13.1. The Morgan fingerprint density at radius 1 is 1.23 bits per heavy atom. The summed E-state index contributed by atoms with van der Waals surface area (Å²) in [4.78, 5) is 39.7. The lowest BCUT2D eigenvalue weighted by atomic mass is 10.2. The Hall–Kier alpha value is -3.00. The highest BCUT2D eigenvalue weighted by molar-refractivity contribution is 7.20. The average Bonchev–Trinajstić information content (AvgIpc) is 3.20. The summed E-state index contributed by atoms with van der Waals surface area (Å²) in [5.74, 6) is 1.53. The molecule has 1 amide bonds. The van der Waals surface area contributed by atoms with Gasteiger partial charge in [0.15, 0.2) is 0 Å². The molecule has 3 aromatic heterocycles. The molecule has 5 rings (SSSR count). The topological polar surface area (TPSA) is 92.7 Å². The van der Waals surface area contributed by atoms with Crippen LogP contribution in [0.3, 0.4) is 0 Å². The molecule has 1 aliphatic heterocycles. The van der Waals surface area contributed by atoms with Gasteiger partial charge >= 0.3 is 0 Å². The predicted molar refractivity (Wildman–Crippen MR) is 118 cm³/mol. The third-order valence-corrected chi connectivity index (χ3v) is 6.89. The molecule has 0 atom stereocenters. The summed E-state index contributed by atoms with van der Waals surface area (Å²) < 4.78 is 1.80. The summed E-state index contributed by atoms with van der Waals surface area (Å²) in [5, 5.41) is 3.56. The van der Waals surface area contributed by atoms with Crippen molar-refractivity contribution < 1.29 is 4.79 Å². The lowest BCUT2D eigenvalue weighted by molar-refractivity contribution is 0.0957. The van der Waals surface area contributed by atoms with Gasteiger partial charge in [-0.3, -0.25) is 14.2 Å². The number of rotatable bonds is 4. The van der Waals surface area contributed by atoms with Crippen molar-refractivity contribution in [2.45, 2.75) is 45.6 Å². The molecule has 0 saturated carbocycles. The van der Waals surface area contributed by atoms with Gasteiger partial charge in [-0.1, -0.05) is 18.6 Å². The quantitative estimate of drug-likeness (QED) is 0.529. The molecule has 0 saturated heterocycles. The summed E-state index contributed by atoms with van der Waals surface area (Å²) in [6, 6.07) is 7.86. The van der Waals surface area contributed by atoms with Crippen molar-refractivity contribution >= 4 is 38.5 Å². The second-order valence-electron chi connectivity index (χ2n) is 7.74. The number of carbonyl (C=O) groups is 1. The molecule has 0 fully saturated rings. The molecule has 4 heterocycles. The first-order chi connectivity index (χ1) is 14.6. The highest BCUT2D eigenvalue weighted by atomic mass is 32.1. The molecular weight excluding hydrogens is 398 g/mol. The fourth-order valence-electron chi connectivity index (χ4n) is 4.13. The van der Waals surface area contributed by atoms with Gasteiger partial charge in [0, 0.05) is 25.9 Å². The number of fused-ring (bicyclic) bond motifs is 3. The maximum Gasteiger partial charge on any atom is 0.262 e. The molecule has 0 bridgehead atoms. The molecule has 1 aliphatic rings. The molecule has 0 radical (unpaired) electrons. The maximum absolute atomic E-state index is 13.1. The van der Waals surface area contributed by atoms with Gasteiger partial charge in [-0.05, 0) is 37.5 Å². The molecule has 0 aliphatic carbocycles. The van der Waals surface area contributed by atoms with E-state index in [1.54, 1.807) is 4.57 Å². The van der Waals surface area contributed by atoms with Crippen LogP contribution >= 0.6 is 11.3 Å². The number of thiophene rings is 1. The minimum Gasteiger partial charge on any atom is -0.351 e. The van der Waals surface area contributed by atoms with Crippen LogP contribution in [0.5, 0.6) is 0 Å². The van der Waals surface area contributed by atoms with Crippen molar-refractivity contribution in [1.29, 1.82) is 0 Å². The number of H-pyrrole nitrogens is 1. The van der Waals surface area contributed by atoms with Gasteiger partial charge in [-0.15, -0.1) is 11.3 Å². The first kappa shape index (κ1) is 19.0. The Morgan fingerprint density at radius 2 is 2.10 bits per heavy atom. The third-order valence-electron chi connectivity index (χ3n) is 5.70. The number of hydrogen-bond donors (Lipinski definition) is 2. The van der Waals surface area contributed by atoms with E-state index in [2.05, 4.69) is 15.3 Å². The number of carbonyl (C=O) groups excluding carboxylic acids is 1. The predicted octanol–water partition coefficient (Wildman–Crippen LogP) is 3.34. The molecule has 30 heavy (non-hydrogen) atoms. The van der Waals surface area contributed by atoms with E-state index >= 15 is 0 Å². The van der Waals surface area contributed by atoms with Gasteiger partial charge in [0.1, 0.15) is 16.5 Å². The molecule has 7 nitrogen and oxygen atoms in total. The van der Waals surface area contributed by atoms with E-state index in [9.17, 15) is 9.59 Å². The average molecular weight is 422 g/mol. The van der Waals surface area contributed by atoms with Crippen LogP contribution in [0.1, 0.15) is 46.1 Å². The van der Waals surface area contributed by atoms with Gasteiger partial charge in [-0.25, -0.2) is 9.97 Å². The fourth-order valence-corrected chi connectivity index (χ4v) is 5.23. The highest BCUT2D eigenvalue weighted by Gasteiger charge is 2.22. The molecular formula is C22H23N5O2S. The smallest absolute Gasteiger partial charge is 0.262 e. The summed E-state index contributed by atoms with van der Waals surface area (Å²) in [6.45, 7) is 3.03. The minimum atomic E-state index is -0.161. The molecule has 154 valence electrons. The number of para-hydroxylation sites is 2. The number of amides is 1. The van der Waals surface area contributed by atoms with Crippen molar-refractivity contribution in [2.24, 2.45) is 0 Å². The first-order valence-corrected chi connectivity index (χ1v) is 11.2. The van der Waals surface area contributed by atoms with E-state index in [4.69, 9.17) is 4.98 Å². The van der Waals surface area contributed by atoms with Gasteiger partial charge in [0.25, 0.3) is 11.5 Å². The molecule has 4 aromatic rings. The number of nitrogens with one attached hydrogen (secondary N) is 2. The van der Waals surface area contributed by atoms with E-state index in [0.29, 0.717) is 34.6 Å². The molecule has 0 unspecified atom stereocenters. The number of aromatic nitrogens is 4. The van der Waals surface area contributed by atoms with Crippen molar-refractivity contribution in [3.8, 4) is 0 Å². The van der Waals surface area contributed by atoms with Crippen LogP contribution < -0.4 is 10.9 Å². The highest BCUT2D eigenvalue weighted by Crippen LogP contribution is 2.28. The SMILES string of the molecule is Cc1c(C(=O)NCCc2nc3ccccc3[nH]2)sc2nc3n(c(=O)c12)CCCCC3. The zero-order valence-electron chi connectivity index (χ0n) is 16.8. The van der Waals surface area contributed by atoms with Crippen LogP contribution in [0.25, 0.3) is 21.3 Å². The monoisotopic (exact) mass is 421 g/mol. The third kappa shape index (κ3) is 3.31. The van der Waals surface area contributed by atoms with Gasteiger partial charge < -0.3 is 10.3 Å². The van der Waals surface area contributed by atoms with E-state index in [-0.39, 0.29) is 11.5 Å². The lowest BCUT2D eigenvalue weighted by Crippen LogP contribution is -2.26. The zero-order valence-corrected chi connectivity index (χ0v) is 17.6. The lowest BCUT2D eigenvalue weighted by Gasteiger charge is -2.08. The largest absolute Gasteiger partial charge is 0.351 e. The molecule has 2 N–H and O–H groups in total. The van der Waals surface area contributed by atoms with Crippen LogP contribution in [0.15, 0.2) is 29.1 Å². The van der Waals surface area contributed by atoms with Crippen LogP contribution in [0, 0.1) is 6.92 Å². The minimum absolute atomic E-state index is 0.00743. The van der Waals surface area contributed by atoms with E-state index in [0.717, 1.165) is 53.9 Å². The van der Waals surface area contributed by atoms with E-state index in [1.807, 2.05) is 31.2 Å². The molecule has 0 spiro atoms. The van der Waals surface area contributed by atoms with Crippen molar-refractivity contribution in [3.63, 3.8) is 0 Å². The molecule has 1 aromatic carbocycles. The summed E-state index contributed by atoms with van der Waals surface area (Å²) in [7, 11) is 0. The Morgan fingerprint density at radius 3 is 2.97 bits per heavy atom. The summed E-state index contributed by atoms with van der Waals surface area (Å²) in [5.41, 5.74) is 2.64. The molecule has 8 heteroatoms. The Balaban J connectivity index is 1.36. The summed E-state index contributed by atoms with van der Waals surface area (Å²) >= 11 is 1.32. The Kier molecular flexibility index (Phi) is 4.86. The van der Waals surface area contributed by atoms with Gasteiger partial charge in [-0.2, -0.15) is 0 Å². The number of benzene rings is 1. The van der Waals surface area contributed by atoms with Gasteiger partial charge in [0.2, 0.25) is 0 Å². The zero-order chi connectivity index (χ0) is 20.7. The summed E-state index contributed by atoms with van der Waals surface area (Å²) in [6.07, 6.45) is 4.60. The first-order valence-electron chi connectivity index (χ1n) is 10.4. The number of hydrogen-bond acceptors (Lipinski definition) is 5. The number of nitrogens with zero attached hydrogens (tertiary/aromatic N) is 3. The van der Waals surface area contributed by atoms with Crippen LogP contribution in [0.2, 0.25) is 0 Å². The van der Waals surface area contributed by atoms with Crippen LogP contribution in [0.4, 0.5) is 0 Å². The van der Waals surface area contributed by atoms with Crippen molar-refractivity contribution in [2.75, 3.05) is 6.54 Å². The van der Waals surface area contributed by atoms with Crippen molar-refractivity contribution in [3.05, 3.63) is 56.7 Å². The van der Waals surface area contributed by atoms with E-state index < -0.39 is 0 Å². The second-order valence-corrected chi connectivity index (χ2v) is 8.74. The van der Waals surface area contributed by atoms with Crippen molar-refractivity contribution in [1.82, 2.24) is 24.8 Å². The Labute approximate surface area is 177 Å². The van der Waals surface area contributed by atoms with E-state index in [1.165, 1.54) is 11.3 Å². The number of aryl methyl sites for hydroxylation is 2. The number of imidazole rings is 1. The Bertz CT molecular complexity index is 1280. The number of aromatic amines is 1. The van der Waals surface area contributed by atoms with Gasteiger partial charge in [0.05, 0.1) is 21.3 Å². The van der Waals surface area contributed by atoms with Crippen LogP contribution in [-0.2, 0) is 19.4 Å². The normalized spacial score (nSPS) is 14.0.